The van der Waals surface area contributed by atoms with Crippen molar-refractivity contribution in [1.82, 2.24) is 15.0 Å². The van der Waals surface area contributed by atoms with Gasteiger partial charge in [0.1, 0.15) is 17.8 Å². The van der Waals surface area contributed by atoms with E-state index >= 15 is 0 Å². The third-order valence-electron chi connectivity index (χ3n) is 3.57. The van der Waals surface area contributed by atoms with Gasteiger partial charge in [-0.15, -0.1) is 0 Å². The summed E-state index contributed by atoms with van der Waals surface area (Å²) in [5, 5.41) is 1.05. The van der Waals surface area contributed by atoms with E-state index in [2.05, 4.69) is 56.1 Å². The van der Waals surface area contributed by atoms with Crippen LogP contribution in [0.25, 0.3) is 11.0 Å². The Balaban J connectivity index is 1.82. The van der Waals surface area contributed by atoms with Gasteiger partial charge in [-0.2, -0.15) is 0 Å². The van der Waals surface area contributed by atoms with E-state index in [1.807, 2.05) is 26.4 Å². The monoisotopic (exact) mass is 281 g/mol. The van der Waals surface area contributed by atoms with Gasteiger partial charge in [0.15, 0.2) is 0 Å². The number of aromatic nitrogens is 3. The molecule has 21 heavy (non-hydrogen) atoms. The Morgan fingerprint density at radius 3 is 2.48 bits per heavy atom. The van der Waals surface area contributed by atoms with Gasteiger partial charge in [0.25, 0.3) is 0 Å². The Bertz CT molecular complexity index is 730. The highest BCUT2D eigenvalue weighted by Gasteiger charge is 2.09. The van der Waals surface area contributed by atoms with Gasteiger partial charge in [0.05, 0.1) is 5.39 Å². The predicted octanol–water partition coefficient (Wildman–Crippen LogP) is 2.66. The lowest BCUT2D eigenvalue weighted by atomic mass is 10.2. The number of fused-ring (bicyclic) bond motifs is 1. The third kappa shape index (κ3) is 2.67. The number of nitrogens with zero attached hydrogens (tertiary/aromatic N) is 4. The molecular formula is C16H19N5. The number of hydrogen-bond donors (Lipinski definition) is 1. The van der Waals surface area contributed by atoms with Crippen molar-refractivity contribution in [3.8, 4) is 0 Å². The van der Waals surface area contributed by atoms with Crippen LogP contribution in [0, 0.1) is 0 Å². The largest absolute Gasteiger partial charge is 0.378 e. The van der Waals surface area contributed by atoms with Crippen LogP contribution in [0.4, 0.5) is 11.5 Å². The molecule has 5 nitrogen and oxygen atoms in total. The van der Waals surface area contributed by atoms with Crippen molar-refractivity contribution < 1.29 is 0 Å². The zero-order valence-corrected chi connectivity index (χ0v) is 12.5. The van der Waals surface area contributed by atoms with Crippen molar-refractivity contribution in [3.05, 3.63) is 48.4 Å². The second-order valence-corrected chi connectivity index (χ2v) is 5.35. The highest BCUT2D eigenvalue weighted by atomic mass is 15.2. The van der Waals surface area contributed by atoms with Gasteiger partial charge in [-0.05, 0) is 23.8 Å². The minimum Gasteiger partial charge on any atom is -0.378 e. The van der Waals surface area contributed by atoms with Crippen LogP contribution in [-0.4, -0.2) is 36.1 Å². The van der Waals surface area contributed by atoms with E-state index < -0.39 is 0 Å². The Morgan fingerprint density at radius 2 is 1.76 bits per heavy atom. The molecule has 0 saturated carbocycles. The number of aromatic amines is 1. The van der Waals surface area contributed by atoms with Gasteiger partial charge < -0.3 is 14.8 Å². The molecule has 0 fully saturated rings. The molecule has 2 aromatic heterocycles. The molecule has 3 aromatic rings. The highest BCUT2D eigenvalue weighted by Crippen LogP contribution is 2.22. The van der Waals surface area contributed by atoms with Crippen LogP contribution in [0.15, 0.2) is 42.9 Å². The molecule has 5 heteroatoms. The molecule has 0 atom stereocenters. The Kier molecular flexibility index (Phi) is 3.48. The maximum atomic E-state index is 4.41. The number of anilines is 2. The summed E-state index contributed by atoms with van der Waals surface area (Å²) in [5.41, 5.74) is 3.33. The van der Waals surface area contributed by atoms with Crippen molar-refractivity contribution in [2.45, 2.75) is 6.54 Å². The maximum Gasteiger partial charge on any atom is 0.142 e. The number of nitrogens with one attached hydrogen (secondary N) is 1. The zero-order valence-electron chi connectivity index (χ0n) is 12.5. The molecular weight excluding hydrogens is 262 g/mol. The lowest BCUT2D eigenvalue weighted by Gasteiger charge is -2.19. The summed E-state index contributed by atoms with van der Waals surface area (Å²) in [6.07, 6.45) is 3.49. The number of hydrogen-bond acceptors (Lipinski definition) is 4. The fraction of sp³-hybridized carbons (Fsp3) is 0.250. The summed E-state index contributed by atoms with van der Waals surface area (Å²) in [6, 6.07) is 10.6. The molecule has 1 aromatic carbocycles. The van der Waals surface area contributed by atoms with Crippen molar-refractivity contribution in [2.75, 3.05) is 30.9 Å². The van der Waals surface area contributed by atoms with Crippen LogP contribution >= 0.6 is 0 Å². The lowest BCUT2D eigenvalue weighted by molar-refractivity contribution is 0.899. The SMILES string of the molecule is CN(C)c1ccc(CN(C)c2ncnc3[nH]ccc23)cc1. The summed E-state index contributed by atoms with van der Waals surface area (Å²) in [5.74, 6) is 0.943. The standard InChI is InChI=1S/C16H19N5/c1-20(2)13-6-4-12(5-7-13)10-21(3)16-14-8-9-17-15(14)18-11-19-16/h4-9,11H,10H2,1-3H3,(H,17,18,19). The van der Waals surface area contributed by atoms with Crippen LogP contribution in [0.2, 0.25) is 0 Å². The summed E-state index contributed by atoms with van der Waals surface area (Å²) in [6.45, 7) is 0.811. The molecule has 0 amide bonds. The second kappa shape index (κ2) is 5.44. The first-order valence-electron chi connectivity index (χ1n) is 6.90. The first kappa shape index (κ1) is 13.4. The maximum absolute atomic E-state index is 4.41. The van der Waals surface area contributed by atoms with Gasteiger partial charge in [0, 0.05) is 39.6 Å². The molecule has 0 spiro atoms. The number of benzene rings is 1. The van der Waals surface area contributed by atoms with E-state index in [1.165, 1.54) is 11.3 Å². The van der Waals surface area contributed by atoms with E-state index in [-0.39, 0.29) is 0 Å². The minimum absolute atomic E-state index is 0.811. The van der Waals surface area contributed by atoms with Crippen LogP contribution in [-0.2, 0) is 6.54 Å². The van der Waals surface area contributed by atoms with Crippen LogP contribution in [0.3, 0.4) is 0 Å². The van der Waals surface area contributed by atoms with Crippen molar-refractivity contribution >= 4 is 22.5 Å². The first-order valence-corrected chi connectivity index (χ1v) is 6.90. The fourth-order valence-electron chi connectivity index (χ4n) is 2.41. The highest BCUT2D eigenvalue weighted by molar-refractivity contribution is 5.87. The summed E-state index contributed by atoms with van der Waals surface area (Å²) >= 11 is 0. The van der Waals surface area contributed by atoms with Gasteiger partial charge in [-0.3, -0.25) is 0 Å². The number of rotatable bonds is 4. The molecule has 1 N–H and O–H groups in total. The topological polar surface area (TPSA) is 48.1 Å². The first-order chi connectivity index (χ1) is 10.1. The molecule has 108 valence electrons. The average Bonchev–Trinajstić information content (AvgIpc) is 2.96. The van der Waals surface area contributed by atoms with E-state index in [0.717, 1.165) is 23.4 Å². The van der Waals surface area contributed by atoms with Gasteiger partial charge in [-0.25, -0.2) is 9.97 Å². The third-order valence-corrected chi connectivity index (χ3v) is 3.57. The molecule has 0 aliphatic carbocycles. The summed E-state index contributed by atoms with van der Waals surface area (Å²) < 4.78 is 0. The van der Waals surface area contributed by atoms with Crippen LogP contribution in [0.1, 0.15) is 5.56 Å². The smallest absolute Gasteiger partial charge is 0.142 e. The van der Waals surface area contributed by atoms with Crippen LogP contribution < -0.4 is 9.80 Å². The van der Waals surface area contributed by atoms with Gasteiger partial charge in [-0.1, -0.05) is 12.1 Å². The molecule has 0 unspecified atom stereocenters. The molecule has 0 radical (unpaired) electrons. The second-order valence-electron chi connectivity index (χ2n) is 5.35. The van der Waals surface area contributed by atoms with Crippen molar-refractivity contribution in [1.29, 1.82) is 0 Å². The van der Waals surface area contributed by atoms with Crippen LogP contribution in [0.5, 0.6) is 0 Å². The normalized spacial score (nSPS) is 10.8. The van der Waals surface area contributed by atoms with E-state index in [9.17, 15) is 0 Å². The van der Waals surface area contributed by atoms with E-state index in [4.69, 9.17) is 0 Å². The van der Waals surface area contributed by atoms with Gasteiger partial charge >= 0.3 is 0 Å². The Hall–Kier alpha value is -2.56. The minimum atomic E-state index is 0.811. The van der Waals surface area contributed by atoms with E-state index in [0.29, 0.717) is 0 Å². The van der Waals surface area contributed by atoms with Crippen molar-refractivity contribution in [3.63, 3.8) is 0 Å². The molecule has 0 saturated heterocycles. The van der Waals surface area contributed by atoms with Gasteiger partial charge in [0.2, 0.25) is 0 Å². The zero-order chi connectivity index (χ0) is 14.8. The Morgan fingerprint density at radius 1 is 1.00 bits per heavy atom. The quantitative estimate of drug-likeness (QED) is 0.798. The fourth-order valence-corrected chi connectivity index (χ4v) is 2.41. The predicted molar refractivity (Wildman–Crippen MR) is 86.8 cm³/mol. The molecule has 0 aliphatic heterocycles. The molecule has 2 heterocycles. The number of H-pyrrole nitrogens is 1. The van der Waals surface area contributed by atoms with E-state index in [1.54, 1.807) is 6.33 Å². The van der Waals surface area contributed by atoms with Crippen molar-refractivity contribution in [2.24, 2.45) is 0 Å². The molecule has 3 rings (SSSR count). The average molecular weight is 281 g/mol. The molecule has 0 aliphatic rings. The molecule has 0 bridgehead atoms. The summed E-state index contributed by atoms with van der Waals surface area (Å²) in [4.78, 5) is 16.0. The summed E-state index contributed by atoms with van der Waals surface area (Å²) in [7, 11) is 6.14. The lowest BCUT2D eigenvalue weighted by Crippen LogP contribution is -2.18. The Labute approximate surface area is 124 Å².